The lowest BCUT2D eigenvalue weighted by Crippen LogP contribution is -2.58. The third-order valence-corrected chi connectivity index (χ3v) is 5.04. The molecule has 3 heterocycles. The van der Waals surface area contributed by atoms with E-state index in [0.717, 1.165) is 12.0 Å². The molecule has 0 saturated carbocycles. The zero-order valence-corrected chi connectivity index (χ0v) is 14.3. The summed E-state index contributed by atoms with van der Waals surface area (Å²) in [6.45, 7) is 1.70. The van der Waals surface area contributed by atoms with Gasteiger partial charge in [0.15, 0.2) is 0 Å². The number of aryl methyl sites for hydroxylation is 1. The summed E-state index contributed by atoms with van der Waals surface area (Å²) in [4.78, 5) is 36.7. The van der Waals surface area contributed by atoms with Crippen LogP contribution in [0.25, 0.3) is 0 Å². The van der Waals surface area contributed by atoms with Crippen LogP contribution in [0, 0.1) is 5.41 Å². The smallest absolute Gasteiger partial charge is 0.232 e. The van der Waals surface area contributed by atoms with Crippen molar-refractivity contribution in [3.8, 4) is 0 Å². The van der Waals surface area contributed by atoms with Crippen LogP contribution in [-0.2, 0) is 20.7 Å². The summed E-state index contributed by atoms with van der Waals surface area (Å²) in [5, 5.41) is 0. The maximum absolute atomic E-state index is 12.7. The average Bonchev–Trinajstić information content (AvgIpc) is 3.03. The molecule has 3 rings (SSSR count). The first-order chi connectivity index (χ1) is 11.5. The van der Waals surface area contributed by atoms with Gasteiger partial charge in [-0.25, -0.2) is 9.97 Å². The third kappa shape index (κ3) is 3.13. The molecule has 0 unspecified atom stereocenters. The van der Waals surface area contributed by atoms with E-state index in [0.29, 0.717) is 39.0 Å². The molecular weight excluding hydrogens is 308 g/mol. The first kappa shape index (κ1) is 16.8. The molecule has 0 aromatic carbocycles. The Labute approximate surface area is 142 Å². The lowest BCUT2D eigenvalue weighted by Gasteiger charge is -2.43. The van der Waals surface area contributed by atoms with E-state index in [2.05, 4.69) is 9.97 Å². The van der Waals surface area contributed by atoms with E-state index in [1.165, 1.54) is 6.33 Å². The fourth-order valence-corrected chi connectivity index (χ4v) is 3.78. The summed E-state index contributed by atoms with van der Waals surface area (Å²) >= 11 is 0. The topological polar surface area (TPSA) is 75.6 Å². The number of piperidine rings is 1. The van der Waals surface area contributed by atoms with Crippen LogP contribution in [0.4, 0.5) is 0 Å². The number of carbonyl (C=O) groups excluding carboxylic acids is 2. The van der Waals surface area contributed by atoms with Gasteiger partial charge in [0.2, 0.25) is 11.8 Å². The second-order valence-corrected chi connectivity index (χ2v) is 6.82. The Morgan fingerprint density at radius 1 is 1.38 bits per heavy atom. The van der Waals surface area contributed by atoms with Gasteiger partial charge in [0, 0.05) is 52.6 Å². The summed E-state index contributed by atoms with van der Waals surface area (Å²) in [5.74, 6) is 0.147. The third-order valence-electron chi connectivity index (χ3n) is 5.04. The Morgan fingerprint density at radius 2 is 2.12 bits per heavy atom. The average molecular weight is 332 g/mol. The van der Waals surface area contributed by atoms with Crippen LogP contribution in [0.5, 0.6) is 0 Å². The molecule has 7 heteroatoms. The highest BCUT2D eigenvalue weighted by Gasteiger charge is 2.54. The molecule has 0 aliphatic carbocycles. The highest BCUT2D eigenvalue weighted by Crippen LogP contribution is 2.42. The van der Waals surface area contributed by atoms with Crippen molar-refractivity contribution in [2.75, 3.05) is 33.8 Å². The van der Waals surface area contributed by atoms with Gasteiger partial charge in [0.25, 0.3) is 0 Å². The molecule has 24 heavy (non-hydrogen) atoms. The molecule has 2 atom stereocenters. The zero-order chi connectivity index (χ0) is 17.2. The van der Waals surface area contributed by atoms with Gasteiger partial charge in [-0.05, 0) is 24.8 Å². The zero-order valence-electron chi connectivity index (χ0n) is 14.3. The van der Waals surface area contributed by atoms with Crippen LogP contribution in [0.1, 0.15) is 24.8 Å². The van der Waals surface area contributed by atoms with Crippen LogP contribution in [0.2, 0.25) is 0 Å². The van der Waals surface area contributed by atoms with E-state index in [4.69, 9.17) is 4.74 Å². The standard InChI is InChI=1S/C17H24N4O3/c1-20(2)16(23)17-6-8-24-14(17)5-7-21(11-17)15(22)4-3-13-9-18-12-19-10-13/h9-10,12,14H,3-8,11H2,1-2H3/t14-,17-/m1/s1. The summed E-state index contributed by atoms with van der Waals surface area (Å²) in [6, 6.07) is 0. The molecular formula is C17H24N4O3. The van der Waals surface area contributed by atoms with Crippen molar-refractivity contribution in [3.05, 3.63) is 24.3 Å². The summed E-state index contributed by atoms with van der Waals surface area (Å²) in [7, 11) is 3.53. The maximum Gasteiger partial charge on any atom is 0.232 e. The number of hydrogen-bond donors (Lipinski definition) is 0. The van der Waals surface area contributed by atoms with Crippen molar-refractivity contribution in [1.82, 2.24) is 19.8 Å². The molecule has 130 valence electrons. The molecule has 0 bridgehead atoms. The van der Waals surface area contributed by atoms with Crippen molar-refractivity contribution < 1.29 is 14.3 Å². The van der Waals surface area contributed by atoms with Gasteiger partial charge >= 0.3 is 0 Å². The second kappa shape index (κ2) is 6.84. The molecule has 2 aliphatic rings. The van der Waals surface area contributed by atoms with E-state index in [1.54, 1.807) is 31.4 Å². The number of nitrogens with zero attached hydrogens (tertiary/aromatic N) is 4. The number of fused-ring (bicyclic) bond motifs is 1. The van der Waals surface area contributed by atoms with Crippen LogP contribution in [0.15, 0.2) is 18.7 Å². The van der Waals surface area contributed by atoms with Gasteiger partial charge in [0.1, 0.15) is 6.33 Å². The van der Waals surface area contributed by atoms with Gasteiger partial charge in [0.05, 0.1) is 11.5 Å². The fourth-order valence-electron chi connectivity index (χ4n) is 3.78. The molecule has 2 fully saturated rings. The summed E-state index contributed by atoms with van der Waals surface area (Å²) < 4.78 is 5.79. The number of rotatable bonds is 4. The number of aromatic nitrogens is 2. The highest BCUT2D eigenvalue weighted by molar-refractivity contribution is 5.85. The Hall–Kier alpha value is -2.02. The van der Waals surface area contributed by atoms with Gasteiger partial charge in [-0.3, -0.25) is 9.59 Å². The van der Waals surface area contributed by atoms with E-state index < -0.39 is 5.41 Å². The molecule has 0 N–H and O–H groups in total. The quantitative estimate of drug-likeness (QED) is 0.803. The van der Waals surface area contributed by atoms with Crippen molar-refractivity contribution in [2.45, 2.75) is 31.8 Å². The minimum Gasteiger partial charge on any atom is -0.377 e. The van der Waals surface area contributed by atoms with E-state index >= 15 is 0 Å². The van der Waals surface area contributed by atoms with Crippen LogP contribution < -0.4 is 0 Å². The number of carbonyl (C=O) groups is 2. The Kier molecular flexibility index (Phi) is 4.80. The highest BCUT2D eigenvalue weighted by atomic mass is 16.5. The molecule has 7 nitrogen and oxygen atoms in total. The molecule has 0 radical (unpaired) electrons. The predicted octanol–water partition coefficient (Wildman–Crippen LogP) is 0.505. The maximum atomic E-state index is 12.7. The lowest BCUT2D eigenvalue weighted by molar-refractivity contribution is -0.152. The lowest BCUT2D eigenvalue weighted by atomic mass is 9.75. The molecule has 1 aromatic heterocycles. The molecule has 0 spiro atoms. The van der Waals surface area contributed by atoms with Crippen molar-refractivity contribution in [2.24, 2.45) is 5.41 Å². The van der Waals surface area contributed by atoms with Crippen LogP contribution in [-0.4, -0.2) is 71.5 Å². The van der Waals surface area contributed by atoms with E-state index in [1.807, 2.05) is 4.90 Å². The monoisotopic (exact) mass is 332 g/mol. The van der Waals surface area contributed by atoms with Crippen molar-refractivity contribution >= 4 is 11.8 Å². The first-order valence-corrected chi connectivity index (χ1v) is 8.38. The Balaban J connectivity index is 1.66. The van der Waals surface area contributed by atoms with Crippen molar-refractivity contribution in [3.63, 3.8) is 0 Å². The summed E-state index contributed by atoms with van der Waals surface area (Å²) in [6.07, 6.45) is 7.30. The van der Waals surface area contributed by atoms with E-state index in [-0.39, 0.29) is 17.9 Å². The molecule has 2 saturated heterocycles. The largest absolute Gasteiger partial charge is 0.377 e. The minimum absolute atomic E-state index is 0.0685. The summed E-state index contributed by atoms with van der Waals surface area (Å²) in [5.41, 5.74) is 0.372. The Morgan fingerprint density at radius 3 is 2.83 bits per heavy atom. The Bertz CT molecular complexity index is 607. The van der Waals surface area contributed by atoms with Crippen LogP contribution >= 0.6 is 0 Å². The SMILES string of the molecule is CN(C)C(=O)[C@@]12CCO[C@@H]1CCN(C(=O)CCc1cncnc1)C2. The van der Waals surface area contributed by atoms with Gasteiger partial charge in [-0.2, -0.15) is 0 Å². The normalized spacial score (nSPS) is 26.1. The fraction of sp³-hybridized carbons (Fsp3) is 0.647. The van der Waals surface area contributed by atoms with Gasteiger partial charge in [-0.15, -0.1) is 0 Å². The second-order valence-electron chi connectivity index (χ2n) is 6.82. The molecule has 2 aliphatic heterocycles. The van der Waals surface area contributed by atoms with Gasteiger partial charge in [-0.1, -0.05) is 0 Å². The number of ether oxygens (including phenoxy) is 1. The van der Waals surface area contributed by atoms with Gasteiger partial charge < -0.3 is 14.5 Å². The minimum atomic E-state index is -0.576. The number of hydrogen-bond acceptors (Lipinski definition) is 5. The predicted molar refractivity (Wildman–Crippen MR) is 87.0 cm³/mol. The first-order valence-electron chi connectivity index (χ1n) is 8.38. The molecule has 1 aromatic rings. The molecule has 2 amide bonds. The van der Waals surface area contributed by atoms with Crippen LogP contribution in [0.3, 0.4) is 0 Å². The van der Waals surface area contributed by atoms with Crippen molar-refractivity contribution in [1.29, 1.82) is 0 Å². The number of amides is 2. The van der Waals surface area contributed by atoms with E-state index in [9.17, 15) is 9.59 Å². The number of likely N-dealkylation sites (tertiary alicyclic amines) is 1.